The van der Waals surface area contributed by atoms with Crippen LogP contribution in [0.15, 0.2) is 12.5 Å². The van der Waals surface area contributed by atoms with Gasteiger partial charge < -0.3 is 10.3 Å². The van der Waals surface area contributed by atoms with Crippen molar-refractivity contribution in [3.8, 4) is 0 Å². The maximum Gasteiger partial charge on any atom is 0.0948 e. The maximum atomic E-state index is 5.97. The van der Waals surface area contributed by atoms with Gasteiger partial charge >= 0.3 is 0 Å². The quantitative estimate of drug-likeness (QED) is 0.868. The van der Waals surface area contributed by atoms with Crippen LogP contribution in [-0.2, 0) is 6.54 Å². The van der Waals surface area contributed by atoms with Gasteiger partial charge in [0.2, 0.25) is 0 Å². The highest BCUT2D eigenvalue weighted by Crippen LogP contribution is 2.33. The van der Waals surface area contributed by atoms with E-state index in [9.17, 15) is 0 Å². The molecule has 0 aliphatic carbocycles. The van der Waals surface area contributed by atoms with Gasteiger partial charge in [-0.3, -0.25) is 4.90 Å². The minimum atomic E-state index is 0.435. The summed E-state index contributed by atoms with van der Waals surface area (Å²) in [5.74, 6) is 0.560. The molecule has 2 atom stereocenters. The van der Waals surface area contributed by atoms with E-state index in [4.69, 9.17) is 5.73 Å². The fourth-order valence-corrected chi connectivity index (χ4v) is 2.98. The summed E-state index contributed by atoms with van der Waals surface area (Å²) in [6, 6.07) is 0.435. The van der Waals surface area contributed by atoms with E-state index in [2.05, 4.69) is 28.4 Å². The van der Waals surface area contributed by atoms with Crippen LogP contribution in [0, 0.1) is 5.92 Å². The lowest BCUT2D eigenvalue weighted by molar-refractivity contribution is 0.187. The third-order valence-corrected chi connectivity index (χ3v) is 3.95. The van der Waals surface area contributed by atoms with Gasteiger partial charge in [-0.25, -0.2) is 4.98 Å². The summed E-state index contributed by atoms with van der Waals surface area (Å²) in [5.41, 5.74) is 7.29. The summed E-state index contributed by atoms with van der Waals surface area (Å²) >= 11 is 0. The van der Waals surface area contributed by atoms with E-state index in [0.717, 1.165) is 19.6 Å². The highest BCUT2D eigenvalue weighted by Gasteiger charge is 2.30. The zero-order valence-electron chi connectivity index (χ0n) is 11.0. The molecule has 1 fully saturated rings. The Kier molecular flexibility index (Phi) is 4.18. The van der Waals surface area contributed by atoms with Crippen LogP contribution in [0.1, 0.15) is 37.9 Å². The highest BCUT2D eigenvalue weighted by molar-refractivity contribution is 5.08. The number of imidazole rings is 1. The fraction of sp³-hybridized carbons (Fsp3) is 0.769. The van der Waals surface area contributed by atoms with E-state index in [1.54, 1.807) is 0 Å². The number of nitrogens with two attached hydrogens (primary N) is 1. The minimum absolute atomic E-state index is 0.435. The number of rotatable bonds is 3. The van der Waals surface area contributed by atoms with Gasteiger partial charge in [-0.2, -0.15) is 0 Å². The van der Waals surface area contributed by atoms with E-state index in [1.165, 1.54) is 25.0 Å². The smallest absolute Gasteiger partial charge is 0.0948 e. The van der Waals surface area contributed by atoms with Gasteiger partial charge in [0, 0.05) is 12.7 Å². The summed E-state index contributed by atoms with van der Waals surface area (Å²) in [5, 5.41) is 0. The maximum absolute atomic E-state index is 5.97. The Morgan fingerprint density at radius 2 is 2.29 bits per heavy atom. The molecule has 0 amide bonds. The Morgan fingerprint density at radius 1 is 1.47 bits per heavy atom. The van der Waals surface area contributed by atoms with Gasteiger partial charge in [0.25, 0.3) is 0 Å². The van der Waals surface area contributed by atoms with Gasteiger partial charge in [-0.05, 0) is 45.8 Å². The summed E-state index contributed by atoms with van der Waals surface area (Å²) in [7, 11) is 2.21. The zero-order valence-corrected chi connectivity index (χ0v) is 11.0. The molecule has 1 aliphatic heterocycles. The van der Waals surface area contributed by atoms with Crippen LogP contribution in [0.3, 0.4) is 0 Å². The second kappa shape index (κ2) is 5.65. The first-order chi connectivity index (χ1) is 8.27. The summed E-state index contributed by atoms with van der Waals surface area (Å²) in [6.45, 7) is 5.08. The van der Waals surface area contributed by atoms with Gasteiger partial charge in [0.05, 0.1) is 18.1 Å². The van der Waals surface area contributed by atoms with E-state index >= 15 is 0 Å². The lowest BCUT2D eigenvalue weighted by Gasteiger charge is -2.32. The largest absolute Gasteiger partial charge is 0.333 e. The molecule has 0 radical (unpaired) electrons. The highest BCUT2D eigenvalue weighted by atomic mass is 15.2. The van der Waals surface area contributed by atoms with Crippen molar-refractivity contribution in [1.82, 2.24) is 14.5 Å². The molecule has 2 rings (SSSR count). The molecule has 0 bridgehead atoms. The minimum Gasteiger partial charge on any atom is -0.333 e. The Labute approximate surface area is 104 Å². The summed E-state index contributed by atoms with van der Waals surface area (Å²) < 4.78 is 2.25. The predicted octanol–water partition coefficient (Wildman–Crippen LogP) is 1.63. The summed E-state index contributed by atoms with van der Waals surface area (Å²) in [6.07, 6.45) is 7.76. The van der Waals surface area contributed by atoms with Crippen molar-refractivity contribution >= 4 is 0 Å². The molecule has 1 aliphatic rings. The third kappa shape index (κ3) is 2.53. The SMILES string of the molecule is CCn1cncc1C1C(CN)CCCCN1C. The Balaban J connectivity index is 2.30. The Morgan fingerprint density at radius 3 is 3.00 bits per heavy atom. The van der Waals surface area contributed by atoms with Gasteiger partial charge in [0.1, 0.15) is 0 Å². The first kappa shape index (κ1) is 12.6. The zero-order chi connectivity index (χ0) is 12.3. The summed E-state index contributed by atoms with van der Waals surface area (Å²) in [4.78, 5) is 6.75. The normalized spacial score (nSPS) is 27.0. The number of hydrogen-bond acceptors (Lipinski definition) is 3. The number of hydrogen-bond donors (Lipinski definition) is 1. The first-order valence-corrected chi connectivity index (χ1v) is 6.68. The molecule has 1 saturated heterocycles. The molecular formula is C13H24N4. The van der Waals surface area contributed by atoms with Gasteiger partial charge in [-0.1, -0.05) is 6.42 Å². The molecule has 2 N–H and O–H groups in total. The molecular weight excluding hydrogens is 212 g/mol. The average Bonchev–Trinajstić information content (AvgIpc) is 2.72. The monoisotopic (exact) mass is 236 g/mol. The first-order valence-electron chi connectivity index (χ1n) is 6.68. The van der Waals surface area contributed by atoms with E-state index in [0.29, 0.717) is 12.0 Å². The van der Waals surface area contributed by atoms with Crippen LogP contribution in [0.2, 0.25) is 0 Å². The van der Waals surface area contributed by atoms with E-state index < -0.39 is 0 Å². The van der Waals surface area contributed by atoms with E-state index in [-0.39, 0.29) is 0 Å². The van der Waals surface area contributed by atoms with E-state index in [1.807, 2.05) is 12.5 Å². The van der Waals surface area contributed by atoms with Crippen molar-refractivity contribution in [1.29, 1.82) is 0 Å². The molecule has 0 spiro atoms. The number of aromatic nitrogens is 2. The molecule has 96 valence electrons. The third-order valence-electron chi connectivity index (χ3n) is 3.95. The van der Waals surface area contributed by atoms with Crippen molar-refractivity contribution in [3.63, 3.8) is 0 Å². The number of nitrogens with zero attached hydrogens (tertiary/aromatic N) is 3. The topological polar surface area (TPSA) is 47.1 Å². The van der Waals surface area contributed by atoms with Crippen molar-refractivity contribution in [2.45, 2.75) is 38.8 Å². The van der Waals surface area contributed by atoms with Crippen molar-refractivity contribution in [2.24, 2.45) is 11.7 Å². The molecule has 17 heavy (non-hydrogen) atoms. The van der Waals surface area contributed by atoms with Crippen LogP contribution in [0.4, 0.5) is 0 Å². The van der Waals surface area contributed by atoms with Gasteiger partial charge in [0.15, 0.2) is 0 Å². The molecule has 1 aromatic heterocycles. The molecule has 2 heterocycles. The van der Waals surface area contributed by atoms with Crippen LogP contribution < -0.4 is 5.73 Å². The van der Waals surface area contributed by atoms with Crippen molar-refractivity contribution in [2.75, 3.05) is 20.1 Å². The Bertz CT molecular complexity index is 347. The molecule has 4 heteroatoms. The number of likely N-dealkylation sites (tertiary alicyclic amines) is 1. The van der Waals surface area contributed by atoms with Crippen LogP contribution >= 0.6 is 0 Å². The molecule has 2 unspecified atom stereocenters. The van der Waals surface area contributed by atoms with Crippen molar-refractivity contribution in [3.05, 3.63) is 18.2 Å². The lowest BCUT2D eigenvalue weighted by Crippen LogP contribution is -2.34. The fourth-order valence-electron chi connectivity index (χ4n) is 2.98. The average molecular weight is 236 g/mol. The predicted molar refractivity (Wildman–Crippen MR) is 69.7 cm³/mol. The molecule has 0 saturated carbocycles. The Hall–Kier alpha value is -0.870. The van der Waals surface area contributed by atoms with Crippen molar-refractivity contribution < 1.29 is 0 Å². The molecule has 4 nitrogen and oxygen atoms in total. The second-order valence-electron chi connectivity index (χ2n) is 5.02. The van der Waals surface area contributed by atoms with Gasteiger partial charge in [-0.15, -0.1) is 0 Å². The standard InChI is InChI=1S/C13H24N4/c1-3-17-10-15-9-12(17)13-11(8-14)6-4-5-7-16(13)2/h9-11,13H,3-8,14H2,1-2H3. The van der Waals surface area contributed by atoms with Crippen LogP contribution in [-0.4, -0.2) is 34.6 Å². The number of aryl methyl sites for hydroxylation is 1. The van der Waals surface area contributed by atoms with Crippen LogP contribution in [0.5, 0.6) is 0 Å². The molecule has 1 aromatic rings. The lowest BCUT2D eigenvalue weighted by atomic mass is 9.92. The second-order valence-corrected chi connectivity index (χ2v) is 5.02. The molecule has 0 aromatic carbocycles. The van der Waals surface area contributed by atoms with Crippen LogP contribution in [0.25, 0.3) is 0 Å².